The molecule has 0 saturated heterocycles. The van der Waals surface area contributed by atoms with Crippen LogP contribution in [0.2, 0.25) is 0 Å². The fourth-order valence-electron chi connectivity index (χ4n) is 0.261. The van der Waals surface area contributed by atoms with Crippen molar-refractivity contribution in [2.45, 2.75) is 6.18 Å². The summed E-state index contributed by atoms with van der Waals surface area (Å²) in [6, 6.07) is 0. The van der Waals surface area contributed by atoms with Crippen LogP contribution in [0.1, 0.15) is 0 Å². The number of halogens is 4. The van der Waals surface area contributed by atoms with E-state index in [-0.39, 0.29) is 6.54 Å². The van der Waals surface area contributed by atoms with Crippen molar-refractivity contribution in [3.8, 4) is 0 Å². The molecule has 0 aromatic rings. The monoisotopic (exact) mass is 267 g/mol. The second-order valence-corrected chi connectivity index (χ2v) is 2.52. The molecule has 0 radical (unpaired) electrons. The molecule has 6 heteroatoms. The number of amides is 1. The summed E-state index contributed by atoms with van der Waals surface area (Å²) < 4.78 is 34.5. The van der Waals surface area contributed by atoms with Crippen LogP contribution in [-0.4, -0.2) is 23.1 Å². The standard InChI is InChI=1S/C4H5F3INO/c5-4(6,7)3(10)9-2-1-8/h1-2H2,(H,9,10). The first-order valence-electron chi connectivity index (χ1n) is 2.39. The quantitative estimate of drug-likeness (QED) is 0.589. The normalized spacial score (nSPS) is 11.2. The summed E-state index contributed by atoms with van der Waals surface area (Å²) in [6.07, 6.45) is -4.74. The van der Waals surface area contributed by atoms with Gasteiger partial charge in [0.15, 0.2) is 0 Å². The average molecular weight is 267 g/mol. The van der Waals surface area contributed by atoms with Crippen LogP contribution in [0.25, 0.3) is 0 Å². The summed E-state index contributed by atoms with van der Waals surface area (Å²) in [5, 5.41) is 1.70. The lowest BCUT2D eigenvalue weighted by atomic mass is 10.6. The van der Waals surface area contributed by atoms with Gasteiger partial charge in [-0.2, -0.15) is 13.2 Å². The van der Waals surface area contributed by atoms with Crippen molar-refractivity contribution in [3.05, 3.63) is 0 Å². The van der Waals surface area contributed by atoms with Crippen molar-refractivity contribution in [2.24, 2.45) is 0 Å². The summed E-state index contributed by atoms with van der Waals surface area (Å²) in [5.74, 6) is -1.87. The van der Waals surface area contributed by atoms with Gasteiger partial charge in [0, 0.05) is 11.0 Å². The summed E-state index contributed by atoms with van der Waals surface area (Å²) in [6.45, 7) is 0.0545. The van der Waals surface area contributed by atoms with E-state index in [1.807, 2.05) is 22.6 Å². The molecule has 0 aromatic heterocycles. The highest BCUT2D eigenvalue weighted by atomic mass is 127. The molecule has 1 amide bonds. The minimum atomic E-state index is -4.74. The van der Waals surface area contributed by atoms with Gasteiger partial charge in [0.1, 0.15) is 0 Å². The maximum Gasteiger partial charge on any atom is 0.471 e. The van der Waals surface area contributed by atoms with Gasteiger partial charge in [0.2, 0.25) is 0 Å². The fraction of sp³-hybridized carbons (Fsp3) is 0.750. The minimum Gasteiger partial charge on any atom is -0.348 e. The van der Waals surface area contributed by atoms with E-state index in [0.717, 1.165) is 0 Å². The van der Waals surface area contributed by atoms with E-state index in [2.05, 4.69) is 0 Å². The first-order chi connectivity index (χ1) is 4.48. The lowest BCUT2D eigenvalue weighted by Crippen LogP contribution is -2.37. The highest BCUT2D eigenvalue weighted by Crippen LogP contribution is 2.13. The molecular formula is C4H5F3INO. The van der Waals surface area contributed by atoms with Crippen LogP contribution < -0.4 is 5.32 Å². The number of alkyl halides is 4. The molecule has 0 heterocycles. The van der Waals surface area contributed by atoms with Crippen molar-refractivity contribution in [1.82, 2.24) is 5.32 Å². The van der Waals surface area contributed by atoms with Crippen molar-refractivity contribution >= 4 is 28.5 Å². The molecule has 0 aromatic carbocycles. The Balaban J connectivity index is 3.64. The van der Waals surface area contributed by atoms with Gasteiger partial charge in [0.05, 0.1) is 0 Å². The Morgan fingerprint density at radius 1 is 1.50 bits per heavy atom. The topological polar surface area (TPSA) is 29.1 Å². The number of hydrogen-bond acceptors (Lipinski definition) is 1. The molecule has 0 bridgehead atoms. The van der Waals surface area contributed by atoms with Gasteiger partial charge in [-0.15, -0.1) is 0 Å². The van der Waals surface area contributed by atoms with Gasteiger partial charge in [-0.05, 0) is 0 Å². The average Bonchev–Trinajstić information content (AvgIpc) is 1.80. The molecule has 0 aliphatic carbocycles. The predicted molar refractivity (Wildman–Crippen MR) is 38.0 cm³/mol. The summed E-state index contributed by atoms with van der Waals surface area (Å²) in [7, 11) is 0. The van der Waals surface area contributed by atoms with Gasteiger partial charge in [-0.1, -0.05) is 22.6 Å². The van der Waals surface area contributed by atoms with Gasteiger partial charge < -0.3 is 5.32 Å². The maximum atomic E-state index is 11.4. The Bertz CT molecular complexity index is 124. The van der Waals surface area contributed by atoms with Crippen LogP contribution >= 0.6 is 22.6 Å². The smallest absolute Gasteiger partial charge is 0.348 e. The molecule has 0 atom stereocenters. The Morgan fingerprint density at radius 3 is 2.30 bits per heavy atom. The molecular weight excluding hydrogens is 262 g/mol. The Morgan fingerprint density at radius 2 is 2.00 bits per heavy atom. The SMILES string of the molecule is O=C(NCCI)C(F)(F)F. The number of rotatable bonds is 2. The minimum absolute atomic E-state index is 0.0545. The van der Waals surface area contributed by atoms with E-state index in [4.69, 9.17) is 0 Å². The molecule has 0 rings (SSSR count). The third kappa shape index (κ3) is 3.91. The van der Waals surface area contributed by atoms with Gasteiger partial charge in [-0.3, -0.25) is 4.79 Å². The zero-order valence-electron chi connectivity index (χ0n) is 4.83. The predicted octanol–water partition coefficient (Wildman–Crippen LogP) is 1.10. The largest absolute Gasteiger partial charge is 0.471 e. The van der Waals surface area contributed by atoms with E-state index in [9.17, 15) is 18.0 Å². The molecule has 0 saturated carbocycles. The van der Waals surface area contributed by atoms with Crippen molar-refractivity contribution in [2.75, 3.05) is 11.0 Å². The van der Waals surface area contributed by atoms with E-state index >= 15 is 0 Å². The van der Waals surface area contributed by atoms with Gasteiger partial charge in [-0.25, -0.2) is 0 Å². The molecule has 1 N–H and O–H groups in total. The lowest BCUT2D eigenvalue weighted by molar-refractivity contribution is -0.173. The van der Waals surface area contributed by atoms with Crippen molar-refractivity contribution in [3.63, 3.8) is 0 Å². The fourth-order valence-corrected chi connectivity index (χ4v) is 0.531. The van der Waals surface area contributed by atoms with E-state index in [1.54, 1.807) is 5.32 Å². The van der Waals surface area contributed by atoms with Crippen LogP contribution in [0.3, 0.4) is 0 Å². The van der Waals surface area contributed by atoms with Gasteiger partial charge in [0.25, 0.3) is 0 Å². The highest BCUT2D eigenvalue weighted by Gasteiger charge is 2.37. The molecule has 0 spiro atoms. The van der Waals surface area contributed by atoms with Crippen LogP contribution in [0.4, 0.5) is 13.2 Å². The van der Waals surface area contributed by atoms with E-state index in [0.29, 0.717) is 4.43 Å². The van der Waals surface area contributed by atoms with E-state index in [1.165, 1.54) is 0 Å². The number of nitrogens with one attached hydrogen (secondary N) is 1. The molecule has 10 heavy (non-hydrogen) atoms. The molecule has 0 aliphatic rings. The number of carbonyl (C=O) groups excluding carboxylic acids is 1. The van der Waals surface area contributed by atoms with Crippen LogP contribution in [0.15, 0.2) is 0 Å². The molecule has 2 nitrogen and oxygen atoms in total. The third-order valence-corrected chi connectivity index (χ3v) is 1.18. The number of hydrogen-bond donors (Lipinski definition) is 1. The summed E-state index contributed by atoms with van der Waals surface area (Å²) in [5.41, 5.74) is 0. The Labute approximate surface area is 69.3 Å². The van der Waals surface area contributed by atoms with Crippen LogP contribution in [0.5, 0.6) is 0 Å². The second-order valence-electron chi connectivity index (χ2n) is 1.44. The first-order valence-corrected chi connectivity index (χ1v) is 3.92. The second kappa shape index (κ2) is 3.99. The van der Waals surface area contributed by atoms with E-state index < -0.39 is 12.1 Å². The summed E-state index contributed by atoms with van der Waals surface area (Å²) >= 11 is 1.87. The zero-order chi connectivity index (χ0) is 8.20. The van der Waals surface area contributed by atoms with Crippen LogP contribution in [0, 0.1) is 0 Å². The molecule has 0 aliphatic heterocycles. The van der Waals surface area contributed by atoms with Crippen molar-refractivity contribution in [1.29, 1.82) is 0 Å². The van der Waals surface area contributed by atoms with Crippen molar-refractivity contribution < 1.29 is 18.0 Å². The number of carbonyl (C=O) groups is 1. The van der Waals surface area contributed by atoms with Crippen LogP contribution in [-0.2, 0) is 4.79 Å². The zero-order valence-corrected chi connectivity index (χ0v) is 6.99. The Kier molecular flexibility index (Phi) is 3.99. The third-order valence-electron chi connectivity index (χ3n) is 0.638. The first kappa shape index (κ1) is 9.99. The lowest BCUT2D eigenvalue weighted by Gasteiger charge is -2.04. The summed E-state index contributed by atoms with van der Waals surface area (Å²) in [4.78, 5) is 9.98. The molecule has 0 unspecified atom stereocenters. The highest BCUT2D eigenvalue weighted by molar-refractivity contribution is 14.1. The molecule has 60 valence electrons. The Hall–Kier alpha value is -0.0100. The maximum absolute atomic E-state index is 11.4. The van der Waals surface area contributed by atoms with Gasteiger partial charge >= 0.3 is 12.1 Å². The molecule has 0 fully saturated rings.